The predicted octanol–water partition coefficient (Wildman–Crippen LogP) is 20.2. The van der Waals surface area contributed by atoms with Crippen molar-refractivity contribution in [1.82, 2.24) is 0 Å². The van der Waals surface area contributed by atoms with E-state index in [4.69, 9.17) is 8.83 Å². The van der Waals surface area contributed by atoms with Crippen LogP contribution in [0.3, 0.4) is 0 Å². The molecule has 4 heteroatoms. The van der Waals surface area contributed by atoms with Gasteiger partial charge < -0.3 is 18.6 Å². The van der Waals surface area contributed by atoms with E-state index < -0.39 is 5.41 Å². The minimum Gasteiger partial charge on any atom is -0.454 e. The highest BCUT2D eigenvalue weighted by atomic mass is 16.3. The number of hydrogen-bond acceptors (Lipinski definition) is 4. The van der Waals surface area contributed by atoms with Gasteiger partial charge in [-0.15, -0.1) is 0 Å². The summed E-state index contributed by atoms with van der Waals surface area (Å²) >= 11 is 0. The summed E-state index contributed by atoms with van der Waals surface area (Å²) in [5.74, 6) is 0. The zero-order chi connectivity index (χ0) is 50.9. The smallest absolute Gasteiger partial charge is 0.159 e. The van der Waals surface area contributed by atoms with Crippen LogP contribution in [0.1, 0.15) is 47.2 Å². The monoisotopic (exact) mass is 986 g/mol. The van der Waals surface area contributed by atoms with Crippen LogP contribution >= 0.6 is 0 Å². The highest BCUT2D eigenvalue weighted by molar-refractivity contribution is 6.13. The Morgan fingerprint density at radius 1 is 0.299 bits per heavy atom. The van der Waals surface area contributed by atoms with Gasteiger partial charge in [0, 0.05) is 44.3 Å². The molecule has 0 radical (unpaired) electrons. The molecule has 0 saturated carbocycles. The second-order valence-electron chi connectivity index (χ2n) is 20.8. The van der Waals surface area contributed by atoms with Crippen molar-refractivity contribution >= 4 is 99.5 Å². The lowest BCUT2D eigenvalue weighted by Crippen LogP contribution is -2.25. The number of rotatable bonds is 8. The molecule has 0 aliphatic heterocycles. The van der Waals surface area contributed by atoms with Crippen molar-refractivity contribution in [3.05, 3.63) is 276 Å². The van der Waals surface area contributed by atoms with Crippen LogP contribution in [0.25, 0.3) is 87.7 Å². The van der Waals surface area contributed by atoms with Gasteiger partial charge in [0.2, 0.25) is 0 Å². The molecule has 0 fully saturated rings. The Labute approximate surface area is 446 Å². The number of aryl methyl sites for hydroxylation is 2. The summed E-state index contributed by atoms with van der Waals surface area (Å²) < 4.78 is 13.9. The van der Waals surface area contributed by atoms with E-state index in [-0.39, 0.29) is 0 Å². The molecule has 0 N–H and O–H groups in total. The third-order valence-corrected chi connectivity index (χ3v) is 16.9. The first-order chi connectivity index (χ1) is 38.1. The van der Waals surface area contributed by atoms with Crippen molar-refractivity contribution in [3.8, 4) is 22.3 Å². The largest absolute Gasteiger partial charge is 0.454 e. The van der Waals surface area contributed by atoms with E-state index in [9.17, 15) is 0 Å². The summed E-state index contributed by atoms with van der Waals surface area (Å²) in [7, 11) is 0. The molecule has 2 aromatic heterocycles. The molecule has 0 saturated heterocycles. The molecule has 2 heterocycles. The summed E-state index contributed by atoms with van der Waals surface area (Å²) in [4.78, 5) is 4.74. The number of nitrogens with zero attached hydrogens (tertiary/aromatic N) is 2. The summed E-state index contributed by atoms with van der Waals surface area (Å²) in [6, 6.07) is 89.7. The van der Waals surface area contributed by atoms with Crippen LogP contribution in [0, 0.1) is 0 Å². The second-order valence-corrected chi connectivity index (χ2v) is 20.8. The fourth-order valence-electron chi connectivity index (χ4n) is 13.5. The first-order valence-electron chi connectivity index (χ1n) is 27.0. The van der Waals surface area contributed by atoms with Gasteiger partial charge in [-0.1, -0.05) is 172 Å². The lowest BCUT2D eigenvalue weighted by molar-refractivity contribution is 0.663. The maximum Gasteiger partial charge on any atom is 0.159 e. The van der Waals surface area contributed by atoms with Crippen molar-refractivity contribution in [1.29, 1.82) is 0 Å². The molecule has 12 aromatic carbocycles. The van der Waals surface area contributed by atoms with Crippen molar-refractivity contribution in [2.75, 3.05) is 9.80 Å². The number of fused-ring (bicyclic) bond motifs is 18. The fraction of sp³-hybridized carbons (Fsp3) is 0.0685. The molecule has 77 heavy (non-hydrogen) atoms. The van der Waals surface area contributed by atoms with Crippen molar-refractivity contribution in [2.24, 2.45) is 0 Å². The maximum atomic E-state index is 6.93. The van der Waals surface area contributed by atoms with E-state index in [1.54, 1.807) is 0 Å². The number of benzene rings is 12. The Bertz CT molecular complexity index is 4430. The standard InChI is InChI=1S/C73H50N2O2/c1-3-45-19-15-27-57-59-29-17-33-67(71(59)76-69(45)57)74(51-21-7-5-8-22-51)53-37-35-47-41-61-62-42-48-36-38-54(75(52-23-9-6-10-24-52)68-34-18-30-60-58-28-16-20-46(4-2)70(58)77-72(60)68)40-50(48)44-66(62)73(65(61)43-49(47)39-53)63-31-13-11-25-55(63)56-26-12-14-32-64(56)73/h5-44H,3-4H2,1-2H3. The molecule has 364 valence electrons. The van der Waals surface area contributed by atoms with Gasteiger partial charge in [0.05, 0.1) is 16.8 Å². The first-order valence-corrected chi connectivity index (χ1v) is 27.0. The topological polar surface area (TPSA) is 32.8 Å². The van der Waals surface area contributed by atoms with E-state index >= 15 is 0 Å². The molecule has 0 bridgehead atoms. The average molecular weight is 987 g/mol. The van der Waals surface area contributed by atoms with Gasteiger partial charge in [0.1, 0.15) is 11.2 Å². The Kier molecular flexibility index (Phi) is 9.47. The minimum absolute atomic E-state index is 0.571. The highest BCUT2D eigenvalue weighted by Gasteiger charge is 2.52. The quantitative estimate of drug-likeness (QED) is 0.152. The molecular formula is C73H50N2O2. The Morgan fingerprint density at radius 3 is 1.14 bits per heavy atom. The van der Waals surface area contributed by atoms with Gasteiger partial charge in [-0.05, 0) is 175 Å². The molecule has 2 aliphatic carbocycles. The summed E-state index contributed by atoms with van der Waals surface area (Å²) in [6.07, 6.45) is 1.80. The zero-order valence-corrected chi connectivity index (χ0v) is 42.7. The Balaban J connectivity index is 0.912. The van der Waals surface area contributed by atoms with Gasteiger partial charge in [-0.3, -0.25) is 0 Å². The van der Waals surface area contributed by atoms with Gasteiger partial charge in [-0.25, -0.2) is 0 Å². The van der Waals surface area contributed by atoms with E-state index in [1.807, 2.05) is 0 Å². The van der Waals surface area contributed by atoms with Crippen LogP contribution in [0.4, 0.5) is 34.1 Å². The first kappa shape index (κ1) is 43.7. The Hall–Kier alpha value is -9.64. The summed E-state index contributed by atoms with van der Waals surface area (Å²) in [5.41, 5.74) is 22.2. The van der Waals surface area contributed by atoms with Gasteiger partial charge >= 0.3 is 0 Å². The third kappa shape index (κ3) is 6.21. The van der Waals surface area contributed by atoms with Crippen molar-refractivity contribution in [2.45, 2.75) is 32.1 Å². The third-order valence-electron chi connectivity index (χ3n) is 16.9. The lowest BCUT2D eigenvalue weighted by atomic mass is 9.70. The predicted molar refractivity (Wildman–Crippen MR) is 320 cm³/mol. The van der Waals surface area contributed by atoms with Crippen LogP contribution in [-0.4, -0.2) is 0 Å². The summed E-state index contributed by atoms with van der Waals surface area (Å²) in [6.45, 7) is 4.39. The fourth-order valence-corrected chi connectivity index (χ4v) is 13.5. The molecule has 14 aromatic rings. The molecule has 0 atom stereocenters. The van der Waals surface area contributed by atoms with Crippen LogP contribution in [0.2, 0.25) is 0 Å². The van der Waals surface area contributed by atoms with Crippen molar-refractivity contribution in [3.63, 3.8) is 0 Å². The van der Waals surface area contributed by atoms with Crippen LogP contribution in [0.5, 0.6) is 0 Å². The molecule has 0 amide bonds. The molecule has 0 unspecified atom stereocenters. The van der Waals surface area contributed by atoms with Crippen LogP contribution in [0.15, 0.2) is 251 Å². The zero-order valence-electron chi connectivity index (χ0n) is 42.7. The second kappa shape index (κ2) is 16.7. The summed E-state index contributed by atoms with van der Waals surface area (Å²) in [5, 5.41) is 9.27. The van der Waals surface area contributed by atoms with E-state index in [1.165, 1.54) is 77.2 Å². The number of furan rings is 2. The van der Waals surface area contributed by atoms with Crippen molar-refractivity contribution < 1.29 is 8.83 Å². The molecule has 1 spiro atoms. The molecule has 4 nitrogen and oxygen atoms in total. The van der Waals surface area contributed by atoms with Crippen LogP contribution in [-0.2, 0) is 18.3 Å². The number of hydrogen-bond donors (Lipinski definition) is 0. The molecule has 2 aliphatic rings. The Morgan fingerprint density at radius 2 is 0.701 bits per heavy atom. The average Bonchev–Trinajstić information content (AvgIpc) is 4.11. The maximum absolute atomic E-state index is 6.93. The SMILES string of the molecule is CCc1cccc2c1oc1c(N(c3ccccc3)c3ccc4cc5c(cc4c3)C3(c4ccccc4-c4ccccc43)c3cc4cc(N(c6ccccc6)c6cccc7c6oc6c(CC)cccc67)ccc4cc3-5)cccc12. The van der Waals surface area contributed by atoms with Gasteiger partial charge in [0.15, 0.2) is 11.2 Å². The van der Waals surface area contributed by atoms with E-state index in [2.05, 4.69) is 266 Å². The number of anilines is 6. The van der Waals surface area contributed by atoms with Gasteiger partial charge in [-0.2, -0.15) is 0 Å². The molecule has 16 rings (SSSR count). The number of para-hydroxylation sites is 6. The van der Waals surface area contributed by atoms with Crippen LogP contribution < -0.4 is 9.80 Å². The molecular weight excluding hydrogens is 937 g/mol. The highest BCUT2D eigenvalue weighted by Crippen LogP contribution is 2.64. The lowest BCUT2D eigenvalue weighted by Gasteiger charge is -2.31. The van der Waals surface area contributed by atoms with E-state index in [0.29, 0.717) is 0 Å². The minimum atomic E-state index is -0.571. The normalized spacial score (nSPS) is 13.0. The van der Waals surface area contributed by atoms with Gasteiger partial charge in [0.25, 0.3) is 0 Å². The van der Waals surface area contributed by atoms with E-state index in [0.717, 1.165) is 90.8 Å².